The molecule has 0 radical (unpaired) electrons. The molecule has 4 heteroatoms. The largest absolute Gasteiger partial charge is 0.480 e. The van der Waals surface area contributed by atoms with Gasteiger partial charge in [0.2, 0.25) is 0 Å². The van der Waals surface area contributed by atoms with E-state index in [-0.39, 0.29) is 5.60 Å². The monoisotopic (exact) mass is 213 g/mol. The zero-order chi connectivity index (χ0) is 10.9. The number of hydrogen-bond acceptors (Lipinski definition) is 3. The smallest absolute Gasteiger partial charge is 0.323 e. The second-order valence-corrected chi connectivity index (χ2v) is 4.98. The third-order valence-corrected chi connectivity index (χ3v) is 3.78. The van der Waals surface area contributed by atoms with E-state index in [0.717, 1.165) is 25.7 Å². The maximum absolute atomic E-state index is 11.1. The van der Waals surface area contributed by atoms with Crippen LogP contribution in [0.25, 0.3) is 0 Å². The predicted molar refractivity (Wildman–Crippen MR) is 55.6 cm³/mol. The van der Waals surface area contributed by atoms with E-state index in [4.69, 9.17) is 15.6 Å². The topological polar surface area (TPSA) is 72.6 Å². The molecule has 1 aliphatic carbocycles. The maximum atomic E-state index is 11.1. The van der Waals surface area contributed by atoms with E-state index in [2.05, 4.69) is 0 Å². The molecule has 0 aromatic carbocycles. The van der Waals surface area contributed by atoms with Gasteiger partial charge in [0.15, 0.2) is 0 Å². The fraction of sp³-hybridized carbons (Fsp3) is 0.909. The Bertz CT molecular complexity index is 255. The van der Waals surface area contributed by atoms with Crippen molar-refractivity contribution in [2.45, 2.75) is 56.1 Å². The molecule has 0 bridgehead atoms. The SMILES string of the molecule is NC1(C(=O)O)CCOC2(CCCCC2)C1. The molecular weight excluding hydrogens is 194 g/mol. The van der Waals surface area contributed by atoms with Crippen molar-refractivity contribution in [3.8, 4) is 0 Å². The number of carbonyl (C=O) groups is 1. The lowest BCUT2D eigenvalue weighted by molar-refractivity contribution is -0.162. The Hall–Kier alpha value is -0.610. The minimum Gasteiger partial charge on any atom is -0.480 e. The summed E-state index contributed by atoms with van der Waals surface area (Å²) >= 11 is 0. The number of carboxylic acid groups (broad SMARTS) is 1. The van der Waals surface area contributed by atoms with Crippen molar-refractivity contribution in [1.29, 1.82) is 0 Å². The number of rotatable bonds is 1. The number of nitrogens with two attached hydrogens (primary N) is 1. The van der Waals surface area contributed by atoms with Crippen LogP contribution in [0.15, 0.2) is 0 Å². The lowest BCUT2D eigenvalue weighted by Crippen LogP contribution is -2.59. The molecule has 0 aromatic heterocycles. The zero-order valence-corrected chi connectivity index (χ0v) is 9.00. The van der Waals surface area contributed by atoms with E-state index < -0.39 is 11.5 Å². The van der Waals surface area contributed by atoms with Gasteiger partial charge in [-0.1, -0.05) is 19.3 Å². The standard InChI is InChI=1S/C11H19NO3/c12-11(9(13)14)6-7-15-10(8-11)4-2-1-3-5-10/h1-8,12H2,(H,13,14). The third-order valence-electron chi connectivity index (χ3n) is 3.78. The zero-order valence-electron chi connectivity index (χ0n) is 9.00. The summed E-state index contributed by atoms with van der Waals surface area (Å²) in [6.45, 7) is 0.489. The van der Waals surface area contributed by atoms with Crippen LogP contribution in [0.1, 0.15) is 44.9 Å². The normalized spacial score (nSPS) is 35.3. The molecule has 3 N–H and O–H groups in total. The van der Waals surface area contributed by atoms with Crippen molar-refractivity contribution in [2.75, 3.05) is 6.61 Å². The van der Waals surface area contributed by atoms with E-state index in [9.17, 15) is 4.79 Å². The first-order valence-electron chi connectivity index (χ1n) is 5.73. The van der Waals surface area contributed by atoms with Crippen LogP contribution in [-0.2, 0) is 9.53 Å². The molecule has 1 spiro atoms. The summed E-state index contributed by atoms with van der Waals surface area (Å²) in [5.41, 5.74) is 4.64. The highest BCUT2D eigenvalue weighted by Crippen LogP contribution is 2.41. The van der Waals surface area contributed by atoms with Gasteiger partial charge in [0, 0.05) is 13.0 Å². The third kappa shape index (κ3) is 2.01. The molecule has 15 heavy (non-hydrogen) atoms. The molecule has 2 fully saturated rings. The molecule has 1 aliphatic heterocycles. The van der Waals surface area contributed by atoms with Crippen LogP contribution >= 0.6 is 0 Å². The minimum absolute atomic E-state index is 0.232. The summed E-state index contributed by atoms with van der Waals surface area (Å²) in [6, 6.07) is 0. The van der Waals surface area contributed by atoms with E-state index >= 15 is 0 Å². The van der Waals surface area contributed by atoms with Gasteiger partial charge in [-0.15, -0.1) is 0 Å². The molecule has 1 heterocycles. The van der Waals surface area contributed by atoms with Crippen LogP contribution in [0, 0.1) is 0 Å². The van der Waals surface area contributed by atoms with Gasteiger partial charge in [-0.25, -0.2) is 0 Å². The van der Waals surface area contributed by atoms with Gasteiger partial charge in [0.1, 0.15) is 5.54 Å². The Morgan fingerprint density at radius 2 is 1.87 bits per heavy atom. The van der Waals surface area contributed by atoms with Crippen LogP contribution in [-0.4, -0.2) is 28.8 Å². The van der Waals surface area contributed by atoms with Crippen LogP contribution in [0.4, 0.5) is 0 Å². The average Bonchev–Trinajstić information content (AvgIpc) is 2.18. The van der Waals surface area contributed by atoms with Crippen molar-refractivity contribution in [2.24, 2.45) is 5.73 Å². The highest BCUT2D eigenvalue weighted by atomic mass is 16.5. The number of hydrogen-bond donors (Lipinski definition) is 2. The van der Waals surface area contributed by atoms with E-state index in [0.29, 0.717) is 19.4 Å². The Kier molecular flexibility index (Phi) is 2.73. The maximum Gasteiger partial charge on any atom is 0.323 e. The lowest BCUT2D eigenvalue weighted by Gasteiger charge is -2.46. The first-order chi connectivity index (χ1) is 7.06. The molecule has 1 unspecified atom stereocenters. The summed E-state index contributed by atoms with van der Waals surface area (Å²) in [7, 11) is 0. The average molecular weight is 213 g/mol. The Labute approximate surface area is 89.8 Å². The molecule has 1 saturated heterocycles. The molecule has 4 nitrogen and oxygen atoms in total. The second-order valence-electron chi connectivity index (χ2n) is 4.98. The van der Waals surface area contributed by atoms with Gasteiger partial charge in [-0.2, -0.15) is 0 Å². The quantitative estimate of drug-likeness (QED) is 0.688. The van der Waals surface area contributed by atoms with Gasteiger partial charge in [-0.3, -0.25) is 4.79 Å². The summed E-state index contributed by atoms with van der Waals surface area (Å²) < 4.78 is 5.81. The van der Waals surface area contributed by atoms with Gasteiger partial charge >= 0.3 is 5.97 Å². The molecule has 1 saturated carbocycles. The molecule has 1 atom stereocenters. The molecular formula is C11H19NO3. The van der Waals surface area contributed by atoms with Gasteiger partial charge < -0.3 is 15.6 Å². The van der Waals surface area contributed by atoms with Gasteiger partial charge in [0.05, 0.1) is 5.60 Å². The Balaban J connectivity index is 2.11. The Morgan fingerprint density at radius 1 is 1.20 bits per heavy atom. The van der Waals surface area contributed by atoms with E-state index in [1.54, 1.807) is 0 Å². The highest BCUT2D eigenvalue weighted by molar-refractivity contribution is 5.78. The summed E-state index contributed by atoms with van der Waals surface area (Å²) in [4.78, 5) is 11.1. The highest BCUT2D eigenvalue weighted by Gasteiger charge is 2.48. The molecule has 2 rings (SSSR count). The second kappa shape index (κ2) is 3.76. The molecule has 0 aromatic rings. The Morgan fingerprint density at radius 3 is 2.47 bits per heavy atom. The van der Waals surface area contributed by atoms with Gasteiger partial charge in [-0.05, 0) is 19.3 Å². The van der Waals surface area contributed by atoms with Crippen LogP contribution < -0.4 is 5.73 Å². The van der Waals surface area contributed by atoms with Crippen molar-refractivity contribution in [3.05, 3.63) is 0 Å². The summed E-state index contributed by atoms with van der Waals surface area (Å²) in [5.74, 6) is -0.879. The van der Waals surface area contributed by atoms with Gasteiger partial charge in [0.25, 0.3) is 0 Å². The molecule has 2 aliphatic rings. The lowest BCUT2D eigenvalue weighted by atomic mass is 9.73. The molecule has 86 valence electrons. The van der Waals surface area contributed by atoms with Crippen molar-refractivity contribution >= 4 is 5.97 Å². The number of ether oxygens (including phenoxy) is 1. The van der Waals surface area contributed by atoms with E-state index in [1.807, 2.05) is 0 Å². The van der Waals surface area contributed by atoms with Crippen LogP contribution in [0.3, 0.4) is 0 Å². The van der Waals surface area contributed by atoms with Crippen LogP contribution in [0.2, 0.25) is 0 Å². The van der Waals surface area contributed by atoms with Crippen LogP contribution in [0.5, 0.6) is 0 Å². The number of aliphatic carboxylic acids is 1. The van der Waals surface area contributed by atoms with Crippen molar-refractivity contribution < 1.29 is 14.6 Å². The number of carboxylic acids is 1. The predicted octanol–water partition coefficient (Wildman–Crippen LogP) is 1.28. The first kappa shape index (κ1) is 10.9. The minimum atomic E-state index is -1.06. The first-order valence-corrected chi connectivity index (χ1v) is 5.73. The van der Waals surface area contributed by atoms with E-state index in [1.165, 1.54) is 6.42 Å². The fourth-order valence-electron chi connectivity index (χ4n) is 2.86. The molecule has 0 amide bonds. The summed E-state index contributed by atoms with van der Waals surface area (Å²) in [6.07, 6.45) is 6.36. The summed E-state index contributed by atoms with van der Waals surface area (Å²) in [5, 5.41) is 9.13. The van der Waals surface area contributed by atoms with Crippen molar-refractivity contribution in [3.63, 3.8) is 0 Å². The van der Waals surface area contributed by atoms with Crippen molar-refractivity contribution in [1.82, 2.24) is 0 Å². The fourth-order valence-corrected chi connectivity index (χ4v) is 2.86.